The van der Waals surface area contributed by atoms with E-state index in [9.17, 15) is 9.59 Å². The molecule has 2 aromatic rings. The van der Waals surface area contributed by atoms with Gasteiger partial charge in [-0.3, -0.25) is 4.79 Å². The predicted molar refractivity (Wildman–Crippen MR) is 89.8 cm³/mol. The van der Waals surface area contributed by atoms with Crippen molar-refractivity contribution in [2.24, 2.45) is 0 Å². The number of hydrogen-bond acceptors (Lipinski definition) is 4. The van der Waals surface area contributed by atoms with Crippen LogP contribution in [0, 0.1) is 13.8 Å². The Balaban J connectivity index is 1.64. The van der Waals surface area contributed by atoms with E-state index in [1.54, 1.807) is 31.4 Å². The number of rotatable bonds is 6. The lowest BCUT2D eigenvalue weighted by Gasteiger charge is -2.08. The molecule has 126 valence electrons. The van der Waals surface area contributed by atoms with Gasteiger partial charge in [-0.25, -0.2) is 4.79 Å². The highest BCUT2D eigenvalue weighted by atomic mass is 16.5. The Hall–Kier alpha value is -2.56. The molecule has 0 atom stereocenters. The van der Waals surface area contributed by atoms with Gasteiger partial charge in [0.2, 0.25) is 0 Å². The van der Waals surface area contributed by atoms with Crippen molar-refractivity contribution in [3.8, 4) is 5.75 Å². The van der Waals surface area contributed by atoms with Crippen LogP contribution in [0.25, 0.3) is 0 Å². The summed E-state index contributed by atoms with van der Waals surface area (Å²) in [7, 11) is 1.57. The van der Waals surface area contributed by atoms with Crippen LogP contribution in [0.2, 0.25) is 0 Å². The first-order valence-electron chi connectivity index (χ1n) is 8.04. The van der Waals surface area contributed by atoms with Crippen molar-refractivity contribution >= 4 is 11.8 Å². The molecule has 1 aliphatic carbocycles. The highest BCUT2D eigenvalue weighted by Gasteiger charge is 2.28. The van der Waals surface area contributed by atoms with Gasteiger partial charge in [-0.05, 0) is 57.0 Å². The zero-order chi connectivity index (χ0) is 17.3. The minimum absolute atomic E-state index is 0.234. The Morgan fingerprint density at radius 2 is 1.83 bits per heavy atom. The summed E-state index contributed by atoms with van der Waals surface area (Å²) in [6.45, 7) is 3.65. The van der Waals surface area contributed by atoms with Gasteiger partial charge in [-0.2, -0.15) is 0 Å². The molecular weight excluding hydrogens is 306 g/mol. The Kier molecular flexibility index (Phi) is 4.42. The number of aryl methyl sites for hydroxylation is 1. The molecule has 0 saturated heterocycles. The molecule has 1 fully saturated rings. The fourth-order valence-electron chi connectivity index (χ4n) is 2.95. The van der Waals surface area contributed by atoms with Crippen LogP contribution in [0.4, 0.5) is 0 Å². The van der Waals surface area contributed by atoms with Crippen LogP contribution in [-0.4, -0.2) is 30.0 Å². The first-order valence-corrected chi connectivity index (χ1v) is 8.04. The number of esters is 1. The second kappa shape index (κ2) is 6.51. The largest absolute Gasteiger partial charge is 0.497 e. The molecule has 1 saturated carbocycles. The van der Waals surface area contributed by atoms with Crippen LogP contribution in [0.1, 0.15) is 51.0 Å². The van der Waals surface area contributed by atoms with Gasteiger partial charge < -0.3 is 14.0 Å². The van der Waals surface area contributed by atoms with E-state index in [1.165, 1.54) is 0 Å². The molecule has 0 bridgehead atoms. The van der Waals surface area contributed by atoms with Crippen molar-refractivity contribution in [2.45, 2.75) is 32.7 Å². The molecular formula is C19H21NO4. The number of benzene rings is 1. The van der Waals surface area contributed by atoms with Crippen molar-refractivity contribution in [3.63, 3.8) is 0 Å². The molecule has 3 rings (SSSR count). The topological polar surface area (TPSA) is 57.5 Å². The molecule has 24 heavy (non-hydrogen) atoms. The average Bonchev–Trinajstić information content (AvgIpc) is 3.37. The standard InChI is InChI=1S/C19H21NO4/c1-12-10-17(13(2)20(12)15-6-7-15)19(22)24-11-18(21)14-4-8-16(23-3)9-5-14/h4-5,8-10,15H,6-7,11H2,1-3H3. The van der Waals surface area contributed by atoms with Gasteiger partial charge in [0, 0.05) is 23.0 Å². The molecule has 0 amide bonds. The molecule has 1 aromatic carbocycles. The SMILES string of the molecule is COc1ccc(C(=O)COC(=O)c2cc(C)n(C3CC3)c2C)cc1. The van der Waals surface area contributed by atoms with Crippen LogP contribution in [0.3, 0.4) is 0 Å². The highest BCUT2D eigenvalue weighted by molar-refractivity contribution is 5.99. The molecule has 0 unspecified atom stereocenters. The molecule has 0 N–H and O–H groups in total. The van der Waals surface area contributed by atoms with Crippen molar-refractivity contribution in [2.75, 3.05) is 13.7 Å². The lowest BCUT2D eigenvalue weighted by Crippen LogP contribution is -2.15. The number of hydrogen-bond donors (Lipinski definition) is 0. The third-order valence-electron chi connectivity index (χ3n) is 4.36. The molecule has 0 aliphatic heterocycles. The smallest absolute Gasteiger partial charge is 0.340 e. The van der Waals surface area contributed by atoms with E-state index < -0.39 is 5.97 Å². The summed E-state index contributed by atoms with van der Waals surface area (Å²) in [4.78, 5) is 24.4. The number of carbonyl (C=O) groups is 2. The van der Waals surface area contributed by atoms with Gasteiger partial charge >= 0.3 is 5.97 Å². The second-order valence-corrected chi connectivity index (χ2v) is 6.11. The van der Waals surface area contributed by atoms with E-state index in [1.807, 2.05) is 19.9 Å². The molecule has 0 radical (unpaired) electrons. The summed E-state index contributed by atoms with van der Waals surface area (Å²) in [6.07, 6.45) is 2.31. The third kappa shape index (κ3) is 3.20. The summed E-state index contributed by atoms with van der Waals surface area (Å²) in [5, 5.41) is 0. The maximum absolute atomic E-state index is 12.3. The fourth-order valence-corrected chi connectivity index (χ4v) is 2.95. The summed E-state index contributed by atoms with van der Waals surface area (Å²) in [6, 6.07) is 9.08. The van der Waals surface area contributed by atoms with E-state index in [2.05, 4.69) is 4.57 Å². The van der Waals surface area contributed by atoms with E-state index in [-0.39, 0.29) is 12.4 Å². The first kappa shape index (κ1) is 16.3. The Morgan fingerprint density at radius 1 is 1.17 bits per heavy atom. The number of aromatic nitrogens is 1. The Morgan fingerprint density at radius 3 is 2.42 bits per heavy atom. The molecule has 1 heterocycles. The normalized spacial score (nSPS) is 13.6. The molecule has 1 aromatic heterocycles. The lowest BCUT2D eigenvalue weighted by molar-refractivity contribution is 0.0474. The van der Waals surface area contributed by atoms with E-state index in [4.69, 9.17) is 9.47 Å². The van der Waals surface area contributed by atoms with Crippen LogP contribution in [-0.2, 0) is 4.74 Å². The predicted octanol–water partition coefficient (Wildman–Crippen LogP) is 3.49. The highest BCUT2D eigenvalue weighted by Crippen LogP contribution is 2.38. The number of ketones is 1. The van der Waals surface area contributed by atoms with Crippen LogP contribution in [0.5, 0.6) is 5.75 Å². The molecule has 5 nitrogen and oxygen atoms in total. The van der Waals surface area contributed by atoms with Crippen molar-refractivity contribution in [1.82, 2.24) is 4.57 Å². The van der Waals surface area contributed by atoms with E-state index >= 15 is 0 Å². The zero-order valence-corrected chi connectivity index (χ0v) is 14.2. The minimum atomic E-state index is -0.447. The summed E-state index contributed by atoms with van der Waals surface area (Å²) in [5.41, 5.74) is 3.01. The number of nitrogens with zero attached hydrogens (tertiary/aromatic N) is 1. The number of methoxy groups -OCH3 is 1. The van der Waals surface area contributed by atoms with Crippen molar-refractivity contribution < 1.29 is 19.1 Å². The van der Waals surface area contributed by atoms with Gasteiger partial charge in [0.05, 0.1) is 12.7 Å². The van der Waals surface area contributed by atoms with E-state index in [0.29, 0.717) is 22.9 Å². The second-order valence-electron chi connectivity index (χ2n) is 6.11. The lowest BCUT2D eigenvalue weighted by atomic mass is 10.1. The summed E-state index contributed by atoms with van der Waals surface area (Å²) >= 11 is 0. The first-order chi connectivity index (χ1) is 11.5. The van der Waals surface area contributed by atoms with Crippen molar-refractivity contribution in [3.05, 3.63) is 52.8 Å². The number of Topliss-reactive ketones (excluding diaryl/α,β-unsaturated/α-hetero) is 1. The fraction of sp³-hybridized carbons (Fsp3) is 0.368. The maximum atomic E-state index is 12.3. The van der Waals surface area contributed by atoms with E-state index in [0.717, 1.165) is 24.2 Å². The molecule has 1 aliphatic rings. The number of ether oxygens (including phenoxy) is 2. The minimum Gasteiger partial charge on any atom is -0.497 e. The van der Waals surface area contributed by atoms with Crippen molar-refractivity contribution in [1.29, 1.82) is 0 Å². The average molecular weight is 327 g/mol. The van der Waals surface area contributed by atoms with Gasteiger partial charge in [-0.1, -0.05) is 0 Å². The number of carbonyl (C=O) groups excluding carboxylic acids is 2. The van der Waals surface area contributed by atoms with Gasteiger partial charge in [0.1, 0.15) is 5.75 Å². The van der Waals surface area contributed by atoms with Gasteiger partial charge in [0.25, 0.3) is 0 Å². The summed E-state index contributed by atoms with van der Waals surface area (Å²) < 4.78 is 12.5. The quantitative estimate of drug-likeness (QED) is 0.602. The van der Waals surface area contributed by atoms with Gasteiger partial charge in [-0.15, -0.1) is 0 Å². The van der Waals surface area contributed by atoms with Gasteiger partial charge in [0.15, 0.2) is 12.4 Å². The van der Waals surface area contributed by atoms with Crippen LogP contribution in [0.15, 0.2) is 30.3 Å². The monoisotopic (exact) mass is 327 g/mol. The maximum Gasteiger partial charge on any atom is 0.340 e. The molecule has 5 heteroatoms. The summed E-state index contributed by atoms with van der Waals surface area (Å²) in [5.74, 6) is -0.00470. The van der Waals surface area contributed by atoms with Crippen LogP contribution >= 0.6 is 0 Å². The third-order valence-corrected chi connectivity index (χ3v) is 4.36. The molecule has 0 spiro atoms. The Bertz CT molecular complexity index is 769. The Labute approximate surface area is 141 Å². The van der Waals surface area contributed by atoms with Crippen LogP contribution < -0.4 is 4.74 Å². The zero-order valence-electron chi connectivity index (χ0n) is 14.2.